The molecule has 76 heavy (non-hydrogen) atoms. The molecule has 2 aromatic rings. The summed E-state index contributed by atoms with van der Waals surface area (Å²) in [5, 5.41) is 55.5. The van der Waals surface area contributed by atoms with Crippen LogP contribution in [-0.4, -0.2) is 179 Å². The highest BCUT2D eigenvalue weighted by Crippen LogP contribution is 2.29. The number of carboxylic acids is 1. The number of nitrogens with zero attached hydrogens (tertiary/aromatic N) is 2. The van der Waals surface area contributed by atoms with Gasteiger partial charge < -0.3 is 74.4 Å². The fourth-order valence-corrected chi connectivity index (χ4v) is 9.35. The smallest absolute Gasteiger partial charge is 0.326 e. The van der Waals surface area contributed by atoms with Crippen LogP contribution < -0.4 is 59.7 Å². The number of carbonyl (C=O) groups is 9. The highest BCUT2D eigenvalue weighted by Gasteiger charge is 2.53. The van der Waals surface area contributed by atoms with Crippen molar-refractivity contribution in [1.82, 2.24) is 52.3 Å². The van der Waals surface area contributed by atoms with Gasteiger partial charge in [-0.05, 0) is 81.8 Å². The minimum absolute atomic E-state index is 0.0147. The van der Waals surface area contributed by atoms with Gasteiger partial charge >= 0.3 is 5.97 Å². The molecule has 0 spiro atoms. The molecule has 3 saturated heterocycles. The lowest BCUT2D eigenvalue weighted by atomic mass is 9.85. The summed E-state index contributed by atoms with van der Waals surface area (Å²) in [5.74, 6) is -8.72. The normalized spacial score (nSPS) is 22.2. The summed E-state index contributed by atoms with van der Waals surface area (Å²) in [6.45, 7) is -1.41. The van der Waals surface area contributed by atoms with Crippen LogP contribution >= 0.6 is 0 Å². The number of likely N-dealkylation sites (tertiary alicyclic amines) is 2. The highest BCUT2D eigenvalue weighted by atomic mass is 16.4. The summed E-state index contributed by atoms with van der Waals surface area (Å²) >= 11 is 0. The van der Waals surface area contributed by atoms with Crippen LogP contribution in [0.2, 0.25) is 0 Å². The summed E-state index contributed by atoms with van der Waals surface area (Å²) in [7, 11) is 0. The summed E-state index contributed by atoms with van der Waals surface area (Å²) in [5.41, 5.74) is 15.7. The van der Waals surface area contributed by atoms with E-state index in [0.717, 1.165) is 4.90 Å². The average Bonchev–Trinajstić information content (AvgIpc) is 4.26. The first-order valence-electron chi connectivity index (χ1n) is 26.4. The van der Waals surface area contributed by atoms with E-state index in [0.29, 0.717) is 30.4 Å². The van der Waals surface area contributed by atoms with Crippen molar-refractivity contribution >= 4 is 65.0 Å². The number of aliphatic hydroxyl groups excluding tert-OH is 1. The molecular weight excluding hydrogens is 987 g/mol. The van der Waals surface area contributed by atoms with Crippen molar-refractivity contribution in [1.29, 1.82) is 10.8 Å². The van der Waals surface area contributed by atoms with Crippen LogP contribution in [0.3, 0.4) is 0 Å². The molecule has 3 fully saturated rings. The van der Waals surface area contributed by atoms with Crippen molar-refractivity contribution in [2.24, 2.45) is 17.2 Å². The Labute approximate surface area is 442 Å². The van der Waals surface area contributed by atoms with E-state index in [4.69, 9.17) is 30.8 Å². The zero-order valence-electron chi connectivity index (χ0n) is 44.2. The van der Waals surface area contributed by atoms with E-state index >= 15 is 0 Å². The van der Waals surface area contributed by atoms with Crippen LogP contribution in [0.25, 0.3) is 0 Å². The largest absolute Gasteiger partial charge is 0.480 e. The second kappa shape index (κ2) is 28.8. The molecule has 3 aliphatic heterocycles. The fourth-order valence-electron chi connectivity index (χ4n) is 9.35. The van der Waals surface area contributed by atoms with Gasteiger partial charge in [0.05, 0.1) is 25.2 Å². The first kappa shape index (κ1) is 56.0. The number of benzene rings is 2. The Bertz CT molecular complexity index is 2480. The molecule has 3 aliphatic rings. The van der Waals surface area contributed by atoms with Crippen LogP contribution in [0.1, 0.15) is 78.0 Å². The molecule has 10 atom stereocenters. The van der Waals surface area contributed by atoms with Gasteiger partial charge in [0.25, 0.3) is 0 Å². The predicted molar refractivity (Wildman–Crippen MR) is 276 cm³/mol. The quantitative estimate of drug-likeness (QED) is 0.0168. The van der Waals surface area contributed by atoms with E-state index in [9.17, 15) is 53.4 Å². The van der Waals surface area contributed by atoms with Crippen molar-refractivity contribution in [2.75, 3.05) is 45.9 Å². The molecule has 5 rings (SSSR count). The van der Waals surface area contributed by atoms with Crippen molar-refractivity contribution in [3.8, 4) is 0 Å². The number of nitrogens with two attached hydrogens (primary N) is 3. The lowest BCUT2D eigenvalue weighted by Gasteiger charge is -2.34. The SMILES string of the molecule is [2H]C1CN[C@@](C(=O)NCC(=O)N[C@@H](Cc2ccccc2)C(=O)N[C@@H](CO)C(=O)N2CCC[C@H]2C(=O)N[C@@H](Cc2ccccc2)C(=O)N[C@@H](CCCNC(=N)N)C(=O)O)(C(=O)[C@@H]2CCCN2C(=O)[C@@H](N)CCCNC(=N)N)C1[2H]. The van der Waals surface area contributed by atoms with E-state index in [2.05, 4.69) is 42.5 Å². The molecule has 0 aliphatic carbocycles. The van der Waals surface area contributed by atoms with Crippen molar-refractivity contribution in [3.63, 3.8) is 0 Å². The second-order valence-corrected chi connectivity index (χ2v) is 18.8. The topological polar surface area (TPSA) is 423 Å². The number of hydrogen-bond donors (Lipinski definition) is 15. The molecule has 26 heteroatoms. The monoisotopic (exact) mass is 1060 g/mol. The third kappa shape index (κ3) is 16.6. The number of carbonyl (C=O) groups excluding carboxylic acids is 8. The van der Waals surface area contributed by atoms with Crippen LogP contribution in [0.15, 0.2) is 60.7 Å². The maximum absolute atomic E-state index is 14.5. The lowest BCUT2D eigenvalue weighted by molar-refractivity contribution is -0.145. The number of rotatable bonds is 28. The van der Waals surface area contributed by atoms with Crippen molar-refractivity contribution < 1.29 is 56.1 Å². The zero-order valence-corrected chi connectivity index (χ0v) is 42.2. The fraction of sp³-hybridized carbons (Fsp3) is 0.540. The first-order chi connectivity index (χ1) is 37.2. The summed E-state index contributed by atoms with van der Waals surface area (Å²) < 4.78 is 17.3. The third-order valence-corrected chi connectivity index (χ3v) is 13.3. The Hall–Kier alpha value is -7.71. The van der Waals surface area contributed by atoms with E-state index in [-0.39, 0.29) is 89.6 Å². The van der Waals surface area contributed by atoms with Crippen LogP contribution in [0, 0.1) is 10.8 Å². The summed E-state index contributed by atoms with van der Waals surface area (Å²) in [4.78, 5) is 127. The molecule has 0 aromatic heterocycles. The van der Waals surface area contributed by atoms with E-state index in [1.54, 1.807) is 60.7 Å². The number of aliphatic carboxylic acids is 1. The summed E-state index contributed by atoms with van der Waals surface area (Å²) in [6, 6.07) is 7.86. The van der Waals surface area contributed by atoms with Crippen molar-refractivity contribution in [3.05, 3.63) is 71.8 Å². The van der Waals surface area contributed by atoms with Gasteiger partial charge in [-0.1, -0.05) is 60.7 Å². The highest BCUT2D eigenvalue weighted by molar-refractivity contribution is 6.14. The molecule has 7 amide bonds. The molecule has 26 nitrogen and oxygen atoms in total. The lowest BCUT2D eigenvalue weighted by Crippen LogP contribution is -2.65. The van der Waals surface area contributed by atoms with Gasteiger partial charge in [-0.3, -0.25) is 54.5 Å². The first-order valence-corrected chi connectivity index (χ1v) is 25.2. The molecule has 0 saturated carbocycles. The van der Waals surface area contributed by atoms with Gasteiger partial charge in [0.2, 0.25) is 41.4 Å². The minimum Gasteiger partial charge on any atom is -0.480 e. The van der Waals surface area contributed by atoms with Crippen LogP contribution in [-0.2, 0) is 56.0 Å². The Morgan fingerprint density at radius 3 is 1.76 bits per heavy atom. The Balaban J connectivity index is 1.26. The van der Waals surface area contributed by atoms with E-state index in [1.165, 1.54) is 4.90 Å². The molecule has 3 heterocycles. The Morgan fingerprint density at radius 1 is 0.711 bits per heavy atom. The molecule has 0 bridgehead atoms. The van der Waals surface area contributed by atoms with Gasteiger partial charge in [-0.25, -0.2) is 4.79 Å². The maximum atomic E-state index is 14.5. The second-order valence-electron chi connectivity index (χ2n) is 18.8. The maximum Gasteiger partial charge on any atom is 0.326 e. The van der Waals surface area contributed by atoms with Crippen LogP contribution in [0.4, 0.5) is 0 Å². The number of ketones is 1. The molecule has 2 unspecified atom stereocenters. The number of amides is 7. The van der Waals surface area contributed by atoms with Crippen LogP contribution in [0.5, 0.6) is 0 Å². The van der Waals surface area contributed by atoms with Crippen molar-refractivity contribution in [2.45, 2.75) is 125 Å². The minimum atomic E-state index is -2.36. The molecule has 18 N–H and O–H groups in total. The van der Waals surface area contributed by atoms with E-state index < -0.39 is 127 Å². The number of nitrogens with one attached hydrogen (secondary N) is 10. The number of guanidine groups is 2. The molecular formula is C50H73N15O11. The standard InChI is InChI=1S/C50H73N15O11/c51-32(16-7-21-56-48(52)53)44(72)64-24-9-18-37(64)40(68)50(20-11-23-59-50)47(76)58-28-39(67)60-34(26-30-12-3-1-4-13-30)41(69)63-36(29-66)45(73)65-25-10-19-38(65)43(71)62-35(27-31-14-5-2-6-15-31)42(70)61-33(46(74)75)17-8-22-57-49(54)55/h1-6,12-15,32-38,59,66H,7-11,16-29,51H2,(H,58,76)(H,60,67)(H,61,70)(H,62,71)(H,63,69)(H,74,75)(H4,52,53,56)(H4,54,55,57)/t32-,33-,34-,35-,36-,37-,38-,50+/m0/s1/i11D,20D/t11?,20?,32-,33-,34-,35-,36-,37-,38-,50+. The van der Waals surface area contributed by atoms with Gasteiger partial charge in [-0.15, -0.1) is 0 Å². The third-order valence-electron chi connectivity index (χ3n) is 13.3. The van der Waals surface area contributed by atoms with E-state index in [1.807, 2.05) is 0 Å². The Kier molecular flexibility index (Phi) is 21.2. The predicted octanol–water partition coefficient (Wildman–Crippen LogP) is -3.87. The number of carboxylic acid groups (broad SMARTS) is 1. The molecule has 2 aromatic carbocycles. The van der Waals surface area contributed by atoms with Gasteiger partial charge in [0.15, 0.2) is 23.2 Å². The average molecular weight is 1060 g/mol. The van der Waals surface area contributed by atoms with Gasteiger partial charge in [0, 0.05) is 41.8 Å². The number of Topliss-reactive ketones (excluding diaryl/α,β-unsaturated/α-hetero) is 1. The number of hydrogen-bond acceptors (Lipinski definition) is 14. The van der Waals surface area contributed by atoms with Gasteiger partial charge in [0.1, 0.15) is 30.2 Å². The zero-order chi connectivity index (χ0) is 57.1. The van der Waals surface area contributed by atoms with Gasteiger partial charge in [-0.2, -0.15) is 0 Å². The molecule has 0 radical (unpaired) electrons. The molecule has 414 valence electrons. The summed E-state index contributed by atoms with van der Waals surface area (Å²) in [6.07, 6.45) is -1.39. The Morgan fingerprint density at radius 2 is 1.24 bits per heavy atom. The number of aliphatic hydroxyl groups is 1.